The first-order valence-corrected chi connectivity index (χ1v) is 3.86. The minimum absolute atomic E-state index is 0.148. The molecular weight excluding hydrogens is 145 g/mol. The van der Waals surface area contributed by atoms with Crippen molar-refractivity contribution in [2.45, 2.75) is 38.9 Å². The van der Waals surface area contributed by atoms with Crippen molar-refractivity contribution in [2.24, 2.45) is 5.92 Å². The number of hydrogen-bond donors (Lipinski definition) is 1. The smallest absolute Gasteiger partial charge is 0.226 e. The molecule has 0 aromatic carbocycles. The molecule has 2 nitrogen and oxygen atoms in total. The van der Waals surface area contributed by atoms with Crippen LogP contribution in [0, 0.1) is 5.92 Å². The molecule has 2 atom stereocenters. The Balaban J connectivity index is 2.33. The van der Waals surface area contributed by atoms with Crippen molar-refractivity contribution in [1.29, 1.82) is 0 Å². The van der Waals surface area contributed by atoms with Gasteiger partial charge in [-0.05, 0) is 27.2 Å². The van der Waals surface area contributed by atoms with Crippen molar-refractivity contribution < 1.29 is 9.18 Å². The zero-order valence-electron chi connectivity index (χ0n) is 7.15. The van der Waals surface area contributed by atoms with Crippen molar-refractivity contribution >= 4 is 5.91 Å². The highest BCUT2D eigenvalue weighted by molar-refractivity contribution is 5.82. The predicted octanol–water partition coefficient (Wildman–Crippen LogP) is 1.26. The molecule has 0 saturated heterocycles. The van der Waals surface area contributed by atoms with Gasteiger partial charge in [-0.25, -0.2) is 4.39 Å². The van der Waals surface area contributed by atoms with Gasteiger partial charge in [-0.15, -0.1) is 0 Å². The number of amides is 1. The number of alkyl halides is 1. The van der Waals surface area contributed by atoms with Gasteiger partial charge in [0.1, 0.15) is 6.17 Å². The fraction of sp³-hybridized carbons (Fsp3) is 0.875. The molecule has 64 valence electrons. The van der Waals surface area contributed by atoms with Crippen molar-refractivity contribution in [3.8, 4) is 0 Å². The van der Waals surface area contributed by atoms with Gasteiger partial charge < -0.3 is 5.32 Å². The number of halogens is 1. The number of carbonyl (C=O) groups is 1. The highest BCUT2D eigenvalue weighted by Crippen LogP contribution is 2.34. The molecule has 1 aliphatic rings. The van der Waals surface area contributed by atoms with Gasteiger partial charge in [-0.1, -0.05) is 0 Å². The maximum atomic E-state index is 12.3. The average molecular weight is 159 g/mol. The third-order valence-electron chi connectivity index (χ3n) is 1.55. The van der Waals surface area contributed by atoms with Gasteiger partial charge >= 0.3 is 0 Å². The quantitative estimate of drug-likeness (QED) is 0.613. The first-order valence-electron chi connectivity index (χ1n) is 3.86. The SMILES string of the molecule is CC(C)(C)NC(=O)C1CC1F. The number of carbonyl (C=O) groups excluding carboxylic acids is 1. The molecule has 3 heteroatoms. The molecule has 2 unspecified atom stereocenters. The van der Waals surface area contributed by atoms with Crippen LogP contribution in [0.25, 0.3) is 0 Å². The van der Waals surface area contributed by atoms with Crippen LogP contribution in [0.4, 0.5) is 4.39 Å². The Bertz CT molecular complexity index is 173. The van der Waals surface area contributed by atoms with Crippen molar-refractivity contribution in [3.05, 3.63) is 0 Å². The lowest BCUT2D eigenvalue weighted by atomic mass is 10.1. The van der Waals surface area contributed by atoms with Gasteiger partial charge in [0.05, 0.1) is 5.92 Å². The lowest BCUT2D eigenvalue weighted by Crippen LogP contribution is -2.41. The van der Waals surface area contributed by atoms with E-state index in [4.69, 9.17) is 0 Å². The zero-order valence-corrected chi connectivity index (χ0v) is 7.15. The maximum Gasteiger partial charge on any atom is 0.226 e. The van der Waals surface area contributed by atoms with E-state index < -0.39 is 6.17 Å². The molecule has 0 aromatic heterocycles. The summed E-state index contributed by atoms with van der Waals surface area (Å²) in [6.07, 6.45) is -0.487. The van der Waals surface area contributed by atoms with Gasteiger partial charge in [0.2, 0.25) is 5.91 Å². The number of rotatable bonds is 1. The summed E-state index contributed by atoms with van der Waals surface area (Å²) in [5, 5.41) is 2.73. The van der Waals surface area contributed by atoms with Crippen molar-refractivity contribution in [1.82, 2.24) is 5.32 Å². The molecule has 1 fully saturated rings. The third-order valence-corrected chi connectivity index (χ3v) is 1.55. The van der Waals surface area contributed by atoms with Gasteiger partial charge in [0.25, 0.3) is 0 Å². The molecule has 1 saturated carbocycles. The second-order valence-electron chi connectivity index (χ2n) is 4.10. The van der Waals surface area contributed by atoms with Crippen molar-refractivity contribution in [3.63, 3.8) is 0 Å². The third kappa shape index (κ3) is 2.48. The van der Waals surface area contributed by atoms with Gasteiger partial charge in [0.15, 0.2) is 0 Å². The monoisotopic (exact) mass is 159 g/mol. The molecule has 0 radical (unpaired) electrons. The summed E-state index contributed by atoms with van der Waals surface area (Å²) in [4.78, 5) is 11.1. The molecule has 0 bridgehead atoms. The first kappa shape index (κ1) is 8.50. The van der Waals surface area contributed by atoms with Crippen LogP contribution in [0.15, 0.2) is 0 Å². The van der Waals surface area contributed by atoms with Gasteiger partial charge in [0, 0.05) is 5.54 Å². The summed E-state index contributed by atoms with van der Waals surface area (Å²) in [5.41, 5.74) is -0.237. The Morgan fingerprint density at radius 2 is 2.00 bits per heavy atom. The second kappa shape index (κ2) is 2.47. The van der Waals surface area contributed by atoms with E-state index in [0.717, 1.165) is 0 Å². The van der Waals surface area contributed by atoms with Crippen LogP contribution in [-0.4, -0.2) is 17.6 Å². The largest absolute Gasteiger partial charge is 0.351 e. The van der Waals surface area contributed by atoms with Crippen LogP contribution in [0.3, 0.4) is 0 Å². The Hall–Kier alpha value is -0.600. The molecule has 1 amide bonds. The van der Waals surface area contributed by atoms with E-state index in [0.29, 0.717) is 6.42 Å². The minimum atomic E-state index is -0.891. The second-order valence-corrected chi connectivity index (χ2v) is 4.10. The number of hydrogen-bond acceptors (Lipinski definition) is 1. The molecule has 1 rings (SSSR count). The molecule has 1 N–H and O–H groups in total. The molecule has 1 aliphatic carbocycles. The van der Waals surface area contributed by atoms with Crippen LogP contribution in [0.1, 0.15) is 27.2 Å². The van der Waals surface area contributed by atoms with Gasteiger partial charge in [-0.3, -0.25) is 4.79 Å². The first-order chi connectivity index (χ1) is 4.90. The molecular formula is C8H14FNO. The standard InChI is InChI=1S/C8H14FNO/c1-8(2,3)10-7(11)5-4-6(5)9/h5-6H,4H2,1-3H3,(H,10,11). The van der Waals surface area contributed by atoms with E-state index in [1.165, 1.54) is 0 Å². The zero-order chi connectivity index (χ0) is 8.65. The molecule has 11 heavy (non-hydrogen) atoms. The van der Waals surface area contributed by atoms with Gasteiger partial charge in [-0.2, -0.15) is 0 Å². The summed E-state index contributed by atoms with van der Waals surface area (Å²) < 4.78 is 12.3. The van der Waals surface area contributed by atoms with E-state index in [1.807, 2.05) is 20.8 Å². The highest BCUT2D eigenvalue weighted by atomic mass is 19.1. The van der Waals surface area contributed by atoms with E-state index >= 15 is 0 Å². The summed E-state index contributed by atoms with van der Waals surface area (Å²) in [6, 6.07) is 0. The minimum Gasteiger partial charge on any atom is -0.351 e. The van der Waals surface area contributed by atoms with Crippen LogP contribution in [-0.2, 0) is 4.79 Å². The molecule has 0 heterocycles. The average Bonchev–Trinajstić information content (AvgIpc) is 2.41. The maximum absolute atomic E-state index is 12.3. The highest BCUT2D eigenvalue weighted by Gasteiger charge is 2.44. The topological polar surface area (TPSA) is 29.1 Å². The van der Waals surface area contributed by atoms with E-state index in [2.05, 4.69) is 5.32 Å². The Labute approximate surface area is 66.2 Å². The molecule has 0 spiro atoms. The van der Waals surface area contributed by atoms with E-state index in [-0.39, 0.29) is 17.4 Å². The lowest BCUT2D eigenvalue weighted by Gasteiger charge is -2.20. The lowest BCUT2D eigenvalue weighted by molar-refractivity contribution is -0.124. The summed E-state index contributed by atoms with van der Waals surface area (Å²) >= 11 is 0. The summed E-state index contributed by atoms with van der Waals surface area (Å²) in [7, 11) is 0. The summed E-state index contributed by atoms with van der Waals surface area (Å²) in [5.74, 6) is -0.515. The van der Waals surface area contributed by atoms with Crippen LogP contribution in [0.5, 0.6) is 0 Å². The van der Waals surface area contributed by atoms with Crippen LogP contribution >= 0.6 is 0 Å². The normalized spacial score (nSPS) is 29.8. The Morgan fingerprint density at radius 1 is 1.55 bits per heavy atom. The Kier molecular flexibility index (Phi) is 1.90. The van der Waals surface area contributed by atoms with Crippen molar-refractivity contribution in [2.75, 3.05) is 0 Å². The van der Waals surface area contributed by atoms with Crippen LogP contribution in [0.2, 0.25) is 0 Å². The molecule has 0 aliphatic heterocycles. The fourth-order valence-corrected chi connectivity index (χ4v) is 0.898. The van der Waals surface area contributed by atoms with Crippen LogP contribution < -0.4 is 5.32 Å². The number of nitrogens with one attached hydrogen (secondary N) is 1. The fourth-order valence-electron chi connectivity index (χ4n) is 0.898. The summed E-state index contributed by atoms with van der Waals surface area (Å²) in [6.45, 7) is 5.67. The molecule has 0 aromatic rings. The Morgan fingerprint density at radius 3 is 2.27 bits per heavy atom. The van der Waals surface area contributed by atoms with E-state index in [9.17, 15) is 9.18 Å². The predicted molar refractivity (Wildman–Crippen MR) is 40.9 cm³/mol. The van der Waals surface area contributed by atoms with E-state index in [1.54, 1.807) is 0 Å².